The minimum atomic E-state index is -0.541. The van der Waals surface area contributed by atoms with Crippen molar-refractivity contribution in [2.24, 2.45) is 0 Å². The SMILES string of the molecule is CC[C@@H](O)c1ccc(N2CCCC(C)(O)CC2)cn1. The van der Waals surface area contributed by atoms with Crippen LogP contribution in [0.15, 0.2) is 18.3 Å². The van der Waals surface area contributed by atoms with E-state index < -0.39 is 11.7 Å². The molecule has 19 heavy (non-hydrogen) atoms. The average Bonchev–Trinajstić information content (AvgIpc) is 2.59. The van der Waals surface area contributed by atoms with E-state index in [1.54, 1.807) is 0 Å². The largest absolute Gasteiger partial charge is 0.390 e. The van der Waals surface area contributed by atoms with Gasteiger partial charge in [-0.1, -0.05) is 6.92 Å². The van der Waals surface area contributed by atoms with Crippen molar-refractivity contribution in [3.05, 3.63) is 24.0 Å². The molecule has 1 aliphatic heterocycles. The summed E-state index contributed by atoms with van der Waals surface area (Å²) in [4.78, 5) is 6.60. The molecule has 0 bridgehead atoms. The molecule has 1 fully saturated rings. The molecule has 1 saturated heterocycles. The molecule has 0 aliphatic carbocycles. The first-order valence-electron chi connectivity index (χ1n) is 7.13. The Bertz CT molecular complexity index is 403. The third-order valence-corrected chi connectivity index (χ3v) is 3.93. The summed E-state index contributed by atoms with van der Waals surface area (Å²) in [6.07, 6.45) is 4.66. The van der Waals surface area contributed by atoms with Gasteiger partial charge in [-0.05, 0) is 44.7 Å². The van der Waals surface area contributed by atoms with E-state index in [0.717, 1.165) is 43.7 Å². The van der Waals surface area contributed by atoms with Crippen LogP contribution in [0.5, 0.6) is 0 Å². The molecule has 4 heteroatoms. The number of hydrogen-bond donors (Lipinski definition) is 2. The standard InChI is InChI=1S/C15H24N2O2/c1-3-14(18)13-6-5-12(11-16-13)17-9-4-7-15(2,19)8-10-17/h5-6,11,14,18-19H,3-4,7-10H2,1-2H3/t14-,15?/m1/s1. The number of aromatic nitrogens is 1. The zero-order valence-corrected chi connectivity index (χ0v) is 11.8. The quantitative estimate of drug-likeness (QED) is 0.879. The van der Waals surface area contributed by atoms with Crippen LogP contribution in [0.1, 0.15) is 51.3 Å². The number of rotatable bonds is 3. The summed E-state index contributed by atoms with van der Waals surface area (Å²) in [5, 5.41) is 19.8. The van der Waals surface area contributed by atoms with Crippen LogP contribution in [-0.4, -0.2) is 33.9 Å². The summed E-state index contributed by atoms with van der Waals surface area (Å²) >= 11 is 0. The van der Waals surface area contributed by atoms with Crippen molar-refractivity contribution in [1.29, 1.82) is 0 Å². The van der Waals surface area contributed by atoms with E-state index in [-0.39, 0.29) is 0 Å². The number of aliphatic hydroxyl groups is 2. The molecule has 2 N–H and O–H groups in total. The van der Waals surface area contributed by atoms with E-state index >= 15 is 0 Å². The van der Waals surface area contributed by atoms with E-state index in [0.29, 0.717) is 6.42 Å². The maximum absolute atomic E-state index is 10.1. The fourth-order valence-corrected chi connectivity index (χ4v) is 2.51. The fraction of sp³-hybridized carbons (Fsp3) is 0.667. The van der Waals surface area contributed by atoms with Crippen molar-refractivity contribution in [3.63, 3.8) is 0 Å². The summed E-state index contributed by atoms with van der Waals surface area (Å²) in [6.45, 7) is 5.66. The monoisotopic (exact) mass is 264 g/mol. The highest BCUT2D eigenvalue weighted by atomic mass is 16.3. The molecule has 2 atom stereocenters. The van der Waals surface area contributed by atoms with Crippen LogP contribution in [0.3, 0.4) is 0 Å². The Kier molecular flexibility index (Phi) is 4.42. The van der Waals surface area contributed by atoms with Gasteiger partial charge in [-0.3, -0.25) is 4.98 Å². The minimum Gasteiger partial charge on any atom is -0.390 e. The van der Waals surface area contributed by atoms with Gasteiger partial charge in [-0.25, -0.2) is 0 Å². The average molecular weight is 264 g/mol. The number of aliphatic hydroxyl groups excluding tert-OH is 1. The number of anilines is 1. The molecule has 4 nitrogen and oxygen atoms in total. The van der Waals surface area contributed by atoms with Crippen molar-refractivity contribution in [2.75, 3.05) is 18.0 Å². The van der Waals surface area contributed by atoms with Crippen LogP contribution >= 0.6 is 0 Å². The lowest BCUT2D eigenvalue weighted by molar-refractivity contribution is 0.0481. The second-order valence-corrected chi connectivity index (χ2v) is 5.70. The molecule has 0 spiro atoms. The predicted molar refractivity (Wildman–Crippen MR) is 76.2 cm³/mol. The molecule has 1 aliphatic rings. The third-order valence-electron chi connectivity index (χ3n) is 3.93. The molecular weight excluding hydrogens is 240 g/mol. The van der Waals surface area contributed by atoms with Gasteiger partial charge in [-0.2, -0.15) is 0 Å². The molecule has 0 aromatic carbocycles. The van der Waals surface area contributed by atoms with E-state index in [4.69, 9.17) is 0 Å². The van der Waals surface area contributed by atoms with Crippen molar-refractivity contribution in [1.82, 2.24) is 4.98 Å². The van der Waals surface area contributed by atoms with Crippen LogP contribution in [0.2, 0.25) is 0 Å². The summed E-state index contributed by atoms with van der Waals surface area (Å²) < 4.78 is 0. The second kappa shape index (κ2) is 5.88. The summed E-state index contributed by atoms with van der Waals surface area (Å²) in [5.41, 5.74) is 1.26. The van der Waals surface area contributed by atoms with Gasteiger partial charge < -0.3 is 15.1 Å². The zero-order valence-electron chi connectivity index (χ0n) is 11.8. The van der Waals surface area contributed by atoms with Crippen molar-refractivity contribution >= 4 is 5.69 Å². The van der Waals surface area contributed by atoms with Crippen LogP contribution in [0, 0.1) is 0 Å². The highest BCUT2D eigenvalue weighted by molar-refractivity contribution is 5.45. The van der Waals surface area contributed by atoms with Crippen molar-refractivity contribution < 1.29 is 10.2 Å². The first-order chi connectivity index (χ1) is 9.02. The molecule has 1 unspecified atom stereocenters. The summed E-state index contributed by atoms with van der Waals surface area (Å²) in [5.74, 6) is 0. The Morgan fingerprint density at radius 2 is 2.16 bits per heavy atom. The number of nitrogens with zero attached hydrogens (tertiary/aromatic N) is 2. The van der Waals surface area contributed by atoms with Gasteiger partial charge in [0.05, 0.1) is 29.3 Å². The van der Waals surface area contributed by atoms with Gasteiger partial charge in [0.2, 0.25) is 0 Å². The van der Waals surface area contributed by atoms with Gasteiger partial charge in [-0.15, -0.1) is 0 Å². The fourth-order valence-electron chi connectivity index (χ4n) is 2.51. The molecule has 0 saturated carbocycles. The summed E-state index contributed by atoms with van der Waals surface area (Å²) in [7, 11) is 0. The van der Waals surface area contributed by atoms with E-state index in [1.165, 1.54) is 0 Å². The molecule has 0 radical (unpaired) electrons. The zero-order chi connectivity index (χ0) is 13.9. The first kappa shape index (κ1) is 14.3. The maximum Gasteiger partial charge on any atom is 0.0957 e. The van der Waals surface area contributed by atoms with Crippen LogP contribution < -0.4 is 4.90 Å². The molecule has 2 heterocycles. The number of hydrogen-bond acceptors (Lipinski definition) is 4. The predicted octanol–water partition coefficient (Wildman–Crippen LogP) is 2.27. The van der Waals surface area contributed by atoms with Gasteiger partial charge in [0.15, 0.2) is 0 Å². The minimum absolute atomic E-state index is 0.473. The Balaban J connectivity index is 2.05. The third kappa shape index (κ3) is 3.67. The molecule has 1 aromatic rings. The highest BCUT2D eigenvalue weighted by Crippen LogP contribution is 2.25. The smallest absolute Gasteiger partial charge is 0.0957 e. The molecule has 1 aromatic heterocycles. The molecule has 2 rings (SSSR count). The lowest BCUT2D eigenvalue weighted by atomic mass is 9.98. The molecule has 0 amide bonds. The topological polar surface area (TPSA) is 56.6 Å². The Morgan fingerprint density at radius 1 is 1.37 bits per heavy atom. The molecule has 106 valence electrons. The van der Waals surface area contributed by atoms with E-state index in [9.17, 15) is 10.2 Å². The van der Waals surface area contributed by atoms with E-state index in [1.807, 2.05) is 32.2 Å². The normalized spacial score (nSPS) is 26.0. The van der Waals surface area contributed by atoms with Gasteiger partial charge in [0, 0.05) is 13.1 Å². The lowest BCUT2D eigenvalue weighted by Crippen LogP contribution is -2.28. The van der Waals surface area contributed by atoms with Crippen molar-refractivity contribution in [2.45, 2.75) is 51.2 Å². The van der Waals surface area contributed by atoms with E-state index in [2.05, 4.69) is 9.88 Å². The van der Waals surface area contributed by atoms with Crippen LogP contribution in [0.25, 0.3) is 0 Å². The van der Waals surface area contributed by atoms with Crippen LogP contribution in [-0.2, 0) is 0 Å². The Hall–Kier alpha value is -1.13. The maximum atomic E-state index is 10.1. The van der Waals surface area contributed by atoms with Crippen LogP contribution in [0.4, 0.5) is 5.69 Å². The first-order valence-corrected chi connectivity index (χ1v) is 7.13. The van der Waals surface area contributed by atoms with Gasteiger partial charge in [0.25, 0.3) is 0 Å². The second-order valence-electron chi connectivity index (χ2n) is 5.70. The lowest BCUT2D eigenvalue weighted by Gasteiger charge is -2.24. The van der Waals surface area contributed by atoms with Gasteiger partial charge in [0.1, 0.15) is 0 Å². The Morgan fingerprint density at radius 3 is 2.79 bits per heavy atom. The highest BCUT2D eigenvalue weighted by Gasteiger charge is 2.25. The summed E-state index contributed by atoms with van der Waals surface area (Å²) in [6, 6.07) is 3.91. The van der Waals surface area contributed by atoms with Crippen molar-refractivity contribution in [3.8, 4) is 0 Å². The Labute approximate surface area is 115 Å². The van der Waals surface area contributed by atoms with Gasteiger partial charge >= 0.3 is 0 Å². The number of pyridine rings is 1. The molecular formula is C15H24N2O2.